The quantitative estimate of drug-likeness (QED) is 0.184. The summed E-state index contributed by atoms with van der Waals surface area (Å²) < 4.78 is 8.89. The average Bonchev–Trinajstić information content (AvgIpc) is 3.55. The molecular weight excluding hydrogens is 574 g/mol. The summed E-state index contributed by atoms with van der Waals surface area (Å²) in [4.78, 5) is 14.2. The molecule has 0 saturated heterocycles. The van der Waals surface area contributed by atoms with Crippen LogP contribution in [0.1, 0.15) is 25.0 Å². The molecule has 1 aliphatic carbocycles. The summed E-state index contributed by atoms with van der Waals surface area (Å²) in [5, 5.41) is 5.91. The summed E-state index contributed by atoms with van der Waals surface area (Å²) >= 11 is 0. The molecule has 0 amide bonds. The molecule has 3 nitrogen and oxygen atoms in total. The third-order valence-corrected chi connectivity index (χ3v) is 10.4. The second-order valence-corrected chi connectivity index (χ2v) is 13.3. The lowest BCUT2D eigenvalue weighted by Crippen LogP contribution is -2.15. The van der Waals surface area contributed by atoms with Crippen LogP contribution in [0.5, 0.6) is 0 Å². The molecule has 0 N–H and O–H groups in total. The van der Waals surface area contributed by atoms with Crippen molar-refractivity contribution in [3.63, 3.8) is 0 Å². The van der Waals surface area contributed by atoms with E-state index in [2.05, 4.69) is 115 Å². The van der Waals surface area contributed by atoms with Crippen LogP contribution in [0.3, 0.4) is 0 Å². The van der Waals surface area contributed by atoms with Gasteiger partial charge in [-0.25, -0.2) is 0 Å². The van der Waals surface area contributed by atoms with Gasteiger partial charge in [0.15, 0.2) is 0 Å². The van der Waals surface area contributed by atoms with Gasteiger partial charge in [0.1, 0.15) is 11.2 Å². The Morgan fingerprint density at radius 3 is 2.23 bits per heavy atom. The minimum atomic E-state index is -0.112. The number of nitrogens with zero attached hydrogens (tertiary/aromatic N) is 1. The van der Waals surface area contributed by atoms with Crippen molar-refractivity contribution in [3.05, 3.63) is 161 Å². The minimum Gasteiger partial charge on any atom is -0.456 e. The maximum Gasteiger partial charge on any atom is 0.201 e. The lowest BCUT2D eigenvalue weighted by atomic mass is 9.82. The molecule has 10 rings (SSSR count). The van der Waals surface area contributed by atoms with Gasteiger partial charge in [-0.1, -0.05) is 105 Å². The van der Waals surface area contributed by atoms with Crippen LogP contribution in [-0.2, 0) is 5.41 Å². The van der Waals surface area contributed by atoms with Crippen molar-refractivity contribution in [1.82, 2.24) is 4.57 Å². The number of benzene rings is 7. The van der Waals surface area contributed by atoms with E-state index >= 15 is 0 Å². The van der Waals surface area contributed by atoms with Gasteiger partial charge in [0, 0.05) is 27.9 Å². The summed E-state index contributed by atoms with van der Waals surface area (Å²) in [5.74, 6) is 0. The Hall–Kier alpha value is -5.93. The van der Waals surface area contributed by atoms with E-state index in [0.717, 1.165) is 33.2 Å². The largest absolute Gasteiger partial charge is 0.456 e. The predicted octanol–water partition coefficient (Wildman–Crippen LogP) is 11.2. The van der Waals surface area contributed by atoms with E-state index in [0.29, 0.717) is 21.9 Å². The number of rotatable bonds is 2. The first-order valence-electron chi connectivity index (χ1n) is 16.1. The van der Waals surface area contributed by atoms with Gasteiger partial charge in [0.2, 0.25) is 5.43 Å². The molecule has 2 heterocycles. The smallest absolute Gasteiger partial charge is 0.201 e. The van der Waals surface area contributed by atoms with Gasteiger partial charge in [-0.2, -0.15) is 0 Å². The summed E-state index contributed by atoms with van der Waals surface area (Å²) in [6.07, 6.45) is 0. The van der Waals surface area contributed by atoms with Gasteiger partial charge in [-0.15, -0.1) is 0 Å². The molecule has 0 unspecified atom stereocenters. The molecule has 2 aromatic heterocycles. The molecule has 0 bridgehead atoms. The van der Waals surface area contributed by atoms with Crippen molar-refractivity contribution < 1.29 is 4.42 Å². The van der Waals surface area contributed by atoms with Crippen molar-refractivity contribution in [2.24, 2.45) is 0 Å². The molecule has 0 atom stereocenters. The van der Waals surface area contributed by atoms with E-state index < -0.39 is 0 Å². The summed E-state index contributed by atoms with van der Waals surface area (Å²) in [6.45, 7) is 4.64. The van der Waals surface area contributed by atoms with Crippen LogP contribution in [0.2, 0.25) is 0 Å². The van der Waals surface area contributed by atoms with Crippen LogP contribution in [0.4, 0.5) is 0 Å². The van der Waals surface area contributed by atoms with Crippen LogP contribution >= 0.6 is 0 Å². The molecule has 222 valence electrons. The van der Waals surface area contributed by atoms with Gasteiger partial charge in [-0.3, -0.25) is 4.79 Å². The van der Waals surface area contributed by atoms with Gasteiger partial charge < -0.3 is 8.98 Å². The second kappa shape index (κ2) is 9.31. The Labute approximate surface area is 270 Å². The van der Waals surface area contributed by atoms with E-state index in [-0.39, 0.29) is 10.8 Å². The first kappa shape index (κ1) is 26.3. The molecule has 0 spiro atoms. The number of fused-ring (bicyclic) bond motifs is 9. The molecule has 47 heavy (non-hydrogen) atoms. The van der Waals surface area contributed by atoms with Crippen molar-refractivity contribution in [1.29, 1.82) is 0 Å². The highest BCUT2D eigenvalue weighted by Crippen LogP contribution is 2.51. The van der Waals surface area contributed by atoms with Crippen LogP contribution in [0.25, 0.3) is 82.5 Å². The van der Waals surface area contributed by atoms with Crippen molar-refractivity contribution in [2.45, 2.75) is 19.3 Å². The van der Waals surface area contributed by atoms with Crippen molar-refractivity contribution in [3.8, 4) is 27.9 Å². The zero-order chi connectivity index (χ0) is 31.4. The zero-order valence-electron chi connectivity index (χ0n) is 26.0. The third-order valence-electron chi connectivity index (χ3n) is 10.4. The van der Waals surface area contributed by atoms with E-state index in [1.54, 1.807) is 0 Å². The number of para-hydroxylation sites is 1. The van der Waals surface area contributed by atoms with Gasteiger partial charge >= 0.3 is 0 Å². The van der Waals surface area contributed by atoms with Crippen LogP contribution in [-0.4, -0.2) is 4.57 Å². The standard InChI is InChI=1S/C44H29NO2/c1-44(2)36-15-7-5-12-31(36)34-24-35-32-13-6-8-16-38(32)45(39(35)25-37(34)44)29-20-21-33-41(23-29)47-40-17-9-14-30(42(40)43(33)46)28-19-18-26-10-3-4-11-27(26)22-28/h3-25H,1-2H3. The van der Waals surface area contributed by atoms with Crippen LogP contribution < -0.4 is 5.43 Å². The van der Waals surface area contributed by atoms with E-state index in [9.17, 15) is 4.79 Å². The third kappa shape index (κ3) is 3.60. The molecule has 0 radical (unpaired) electrons. The van der Waals surface area contributed by atoms with Crippen LogP contribution in [0, 0.1) is 0 Å². The monoisotopic (exact) mass is 603 g/mol. The van der Waals surface area contributed by atoms with Crippen molar-refractivity contribution in [2.75, 3.05) is 0 Å². The second-order valence-electron chi connectivity index (χ2n) is 13.3. The molecular formula is C44H29NO2. The topological polar surface area (TPSA) is 35.1 Å². The number of hydrogen-bond donors (Lipinski definition) is 0. The fraction of sp³-hybridized carbons (Fsp3) is 0.0682. The minimum absolute atomic E-state index is 0.0175. The highest BCUT2D eigenvalue weighted by atomic mass is 16.3. The van der Waals surface area contributed by atoms with Gasteiger partial charge in [0.25, 0.3) is 0 Å². The summed E-state index contributed by atoms with van der Waals surface area (Å²) in [6, 6.07) is 48.6. The molecule has 0 aliphatic heterocycles. The number of aromatic nitrogens is 1. The summed E-state index contributed by atoms with van der Waals surface area (Å²) in [5.41, 5.74) is 11.5. The molecule has 9 aromatic rings. The Morgan fingerprint density at radius 1 is 0.532 bits per heavy atom. The SMILES string of the molecule is CC1(C)c2ccccc2-c2cc3c4ccccc4n(-c4ccc5c(=O)c6c(-c7ccc8ccccc8c7)cccc6oc5c4)c3cc21. The van der Waals surface area contributed by atoms with E-state index in [4.69, 9.17) is 4.42 Å². The average molecular weight is 604 g/mol. The fourth-order valence-corrected chi connectivity index (χ4v) is 8.06. The summed E-state index contributed by atoms with van der Waals surface area (Å²) in [7, 11) is 0. The Morgan fingerprint density at radius 2 is 1.32 bits per heavy atom. The van der Waals surface area contributed by atoms with Crippen molar-refractivity contribution >= 4 is 54.5 Å². The number of hydrogen-bond acceptors (Lipinski definition) is 2. The molecule has 3 heteroatoms. The highest BCUT2D eigenvalue weighted by Gasteiger charge is 2.36. The molecule has 1 aliphatic rings. The van der Waals surface area contributed by atoms with Gasteiger partial charge in [-0.05, 0) is 86.6 Å². The van der Waals surface area contributed by atoms with E-state index in [1.807, 2.05) is 42.5 Å². The lowest BCUT2D eigenvalue weighted by molar-refractivity contribution is 0.659. The first-order chi connectivity index (χ1) is 23.0. The normalized spacial score (nSPS) is 13.6. The van der Waals surface area contributed by atoms with Crippen LogP contribution in [0.15, 0.2) is 149 Å². The molecule has 7 aromatic carbocycles. The zero-order valence-corrected chi connectivity index (χ0v) is 26.0. The maximum atomic E-state index is 14.2. The highest BCUT2D eigenvalue weighted by molar-refractivity contribution is 6.12. The fourth-order valence-electron chi connectivity index (χ4n) is 8.06. The van der Waals surface area contributed by atoms with E-state index in [1.165, 1.54) is 38.4 Å². The first-order valence-corrected chi connectivity index (χ1v) is 16.1. The Balaban J connectivity index is 1.20. The molecule has 0 saturated carbocycles. The maximum absolute atomic E-state index is 14.2. The Bertz CT molecular complexity index is 2850. The predicted molar refractivity (Wildman–Crippen MR) is 195 cm³/mol. The molecule has 0 fully saturated rings. The van der Waals surface area contributed by atoms with Gasteiger partial charge in [0.05, 0.1) is 21.8 Å². The Kier molecular flexibility index (Phi) is 5.21. The lowest BCUT2D eigenvalue weighted by Gasteiger charge is -2.21.